The van der Waals surface area contributed by atoms with Crippen molar-refractivity contribution in [2.75, 3.05) is 0 Å². The maximum absolute atomic E-state index is 11.1. The van der Waals surface area contributed by atoms with Crippen LogP contribution in [0.2, 0.25) is 0 Å². The van der Waals surface area contributed by atoms with Gasteiger partial charge in [-0.25, -0.2) is 0 Å². The summed E-state index contributed by atoms with van der Waals surface area (Å²) in [6.07, 6.45) is 1.15. The highest BCUT2D eigenvalue weighted by molar-refractivity contribution is 5.78. The molecule has 2 aromatic carbocycles. The summed E-state index contributed by atoms with van der Waals surface area (Å²) in [6, 6.07) is 7.04. The lowest BCUT2D eigenvalue weighted by Crippen LogP contribution is -1.97. The quantitative estimate of drug-likeness (QED) is 0.297. The van der Waals surface area contributed by atoms with Gasteiger partial charge >= 0.3 is 0 Å². The Kier molecular flexibility index (Phi) is 3.66. The van der Waals surface area contributed by atoms with E-state index in [1.807, 2.05) is 0 Å². The molecule has 0 fully saturated rings. The lowest BCUT2D eigenvalue weighted by atomic mass is 10.1. The molecule has 7 nitrogen and oxygen atoms in total. The van der Waals surface area contributed by atoms with Crippen LogP contribution in [-0.2, 0) is 0 Å². The predicted octanol–water partition coefficient (Wildman–Crippen LogP) is 2.28. The Morgan fingerprint density at radius 2 is 1.57 bits per heavy atom. The van der Waals surface area contributed by atoms with Crippen molar-refractivity contribution in [2.24, 2.45) is 0 Å². The molecular formula is C14H11NO6. The van der Waals surface area contributed by atoms with Gasteiger partial charge in [-0.3, -0.25) is 10.1 Å². The third-order valence-electron chi connectivity index (χ3n) is 2.70. The zero-order valence-corrected chi connectivity index (χ0v) is 10.6. The summed E-state index contributed by atoms with van der Waals surface area (Å²) < 4.78 is 0. The van der Waals surface area contributed by atoms with E-state index in [4.69, 9.17) is 0 Å². The van der Waals surface area contributed by atoms with Gasteiger partial charge < -0.3 is 20.4 Å². The van der Waals surface area contributed by atoms with Crippen LogP contribution >= 0.6 is 0 Å². The first-order chi connectivity index (χ1) is 9.86. The standard InChI is InChI=1S/C14H11NO6/c16-10-5-9(6-11(17)7-10)12(15(20)21)3-8-1-2-13(18)14(19)4-8/h1-7,16-19H. The summed E-state index contributed by atoms with van der Waals surface area (Å²) in [4.78, 5) is 10.5. The topological polar surface area (TPSA) is 124 Å². The Morgan fingerprint density at radius 1 is 0.952 bits per heavy atom. The summed E-state index contributed by atoms with van der Waals surface area (Å²) in [5.41, 5.74) is -0.101. The third kappa shape index (κ3) is 3.21. The number of nitro groups is 1. The second-order valence-corrected chi connectivity index (χ2v) is 4.27. The maximum Gasteiger partial charge on any atom is 0.277 e. The molecule has 108 valence electrons. The number of phenols is 4. The molecule has 0 atom stereocenters. The van der Waals surface area contributed by atoms with Gasteiger partial charge in [-0.2, -0.15) is 0 Å². The van der Waals surface area contributed by atoms with Crippen LogP contribution in [0.25, 0.3) is 11.8 Å². The molecule has 0 aliphatic carbocycles. The minimum Gasteiger partial charge on any atom is -0.508 e. The predicted molar refractivity (Wildman–Crippen MR) is 74.4 cm³/mol. The zero-order valence-electron chi connectivity index (χ0n) is 10.6. The Balaban J connectivity index is 2.54. The number of rotatable bonds is 3. The van der Waals surface area contributed by atoms with Crippen LogP contribution in [0, 0.1) is 10.1 Å². The lowest BCUT2D eigenvalue weighted by molar-refractivity contribution is -0.374. The zero-order chi connectivity index (χ0) is 15.6. The van der Waals surface area contributed by atoms with E-state index >= 15 is 0 Å². The van der Waals surface area contributed by atoms with E-state index in [9.17, 15) is 30.5 Å². The molecule has 0 spiro atoms. The van der Waals surface area contributed by atoms with Gasteiger partial charge in [-0.05, 0) is 29.8 Å². The van der Waals surface area contributed by atoms with Gasteiger partial charge in [-0.15, -0.1) is 0 Å². The van der Waals surface area contributed by atoms with Crippen molar-refractivity contribution in [1.82, 2.24) is 0 Å². The molecule has 0 unspecified atom stereocenters. The van der Waals surface area contributed by atoms with Crippen molar-refractivity contribution < 1.29 is 25.3 Å². The van der Waals surface area contributed by atoms with Crippen molar-refractivity contribution >= 4 is 11.8 Å². The van der Waals surface area contributed by atoms with Gasteiger partial charge in [0.2, 0.25) is 0 Å². The highest BCUT2D eigenvalue weighted by Gasteiger charge is 2.16. The minimum absolute atomic E-state index is 0.00469. The number of nitrogens with zero attached hydrogens (tertiary/aromatic N) is 1. The summed E-state index contributed by atoms with van der Waals surface area (Å²) in [7, 11) is 0. The van der Waals surface area contributed by atoms with Gasteiger partial charge in [0.05, 0.1) is 10.5 Å². The van der Waals surface area contributed by atoms with Crippen LogP contribution in [-0.4, -0.2) is 25.3 Å². The van der Waals surface area contributed by atoms with E-state index in [-0.39, 0.29) is 34.1 Å². The summed E-state index contributed by atoms with van der Waals surface area (Å²) >= 11 is 0. The first kappa shape index (κ1) is 14.2. The number of hydrogen-bond acceptors (Lipinski definition) is 6. The van der Waals surface area contributed by atoms with Crippen LogP contribution in [0.15, 0.2) is 36.4 Å². The summed E-state index contributed by atoms with van der Waals surface area (Å²) in [5, 5.41) is 48.5. The van der Waals surface area contributed by atoms with Gasteiger partial charge in [0, 0.05) is 12.1 Å². The first-order valence-corrected chi connectivity index (χ1v) is 5.78. The van der Waals surface area contributed by atoms with Crippen LogP contribution in [0.4, 0.5) is 0 Å². The molecule has 21 heavy (non-hydrogen) atoms. The van der Waals surface area contributed by atoms with Crippen molar-refractivity contribution in [3.05, 3.63) is 57.6 Å². The van der Waals surface area contributed by atoms with E-state index in [1.165, 1.54) is 12.1 Å². The Hall–Kier alpha value is -3.22. The number of aromatic hydroxyl groups is 4. The first-order valence-electron chi connectivity index (χ1n) is 5.78. The van der Waals surface area contributed by atoms with Crippen LogP contribution in [0.5, 0.6) is 23.0 Å². The van der Waals surface area contributed by atoms with E-state index < -0.39 is 10.7 Å². The van der Waals surface area contributed by atoms with Gasteiger partial charge in [0.25, 0.3) is 5.70 Å². The fourth-order valence-corrected chi connectivity index (χ4v) is 1.77. The molecule has 0 amide bonds. The molecule has 0 aliphatic heterocycles. The SMILES string of the molecule is O=[N+]([O-])C(=Cc1ccc(O)c(O)c1)c1cc(O)cc(O)c1. The van der Waals surface area contributed by atoms with Crippen molar-refractivity contribution in [3.63, 3.8) is 0 Å². The molecule has 4 N–H and O–H groups in total. The van der Waals surface area contributed by atoms with Gasteiger partial charge in [-0.1, -0.05) is 6.07 Å². The fraction of sp³-hybridized carbons (Fsp3) is 0. The van der Waals surface area contributed by atoms with E-state index in [2.05, 4.69) is 0 Å². The monoisotopic (exact) mass is 289 g/mol. The molecule has 2 rings (SSSR count). The molecule has 0 radical (unpaired) electrons. The molecule has 0 bridgehead atoms. The highest BCUT2D eigenvalue weighted by Crippen LogP contribution is 2.30. The molecular weight excluding hydrogens is 278 g/mol. The number of benzene rings is 2. The molecule has 2 aromatic rings. The Bertz CT molecular complexity index is 718. The number of hydrogen-bond donors (Lipinski definition) is 4. The van der Waals surface area contributed by atoms with Gasteiger partial charge in [0.1, 0.15) is 11.5 Å². The molecule has 7 heteroatoms. The van der Waals surface area contributed by atoms with E-state index in [0.717, 1.165) is 30.3 Å². The van der Waals surface area contributed by atoms with Crippen LogP contribution in [0.3, 0.4) is 0 Å². The average molecular weight is 289 g/mol. The smallest absolute Gasteiger partial charge is 0.277 e. The maximum atomic E-state index is 11.1. The van der Waals surface area contributed by atoms with E-state index in [1.54, 1.807) is 0 Å². The van der Waals surface area contributed by atoms with Gasteiger partial charge in [0.15, 0.2) is 11.5 Å². The van der Waals surface area contributed by atoms with E-state index in [0.29, 0.717) is 0 Å². The normalized spacial score (nSPS) is 11.3. The Labute approximate surface area is 118 Å². The molecule has 0 saturated heterocycles. The summed E-state index contributed by atoms with van der Waals surface area (Å²) in [6.45, 7) is 0. The van der Waals surface area contributed by atoms with Crippen molar-refractivity contribution in [2.45, 2.75) is 0 Å². The third-order valence-corrected chi connectivity index (χ3v) is 2.70. The number of phenolic OH excluding ortho intramolecular Hbond substituents is 4. The summed E-state index contributed by atoms with van der Waals surface area (Å²) in [5.74, 6) is -1.38. The lowest BCUT2D eigenvalue weighted by Gasteiger charge is -2.03. The molecule has 0 aromatic heterocycles. The van der Waals surface area contributed by atoms with Crippen LogP contribution in [0.1, 0.15) is 11.1 Å². The highest BCUT2D eigenvalue weighted by atomic mass is 16.6. The fourth-order valence-electron chi connectivity index (χ4n) is 1.77. The van der Waals surface area contributed by atoms with Crippen LogP contribution < -0.4 is 0 Å². The second kappa shape index (κ2) is 5.41. The largest absolute Gasteiger partial charge is 0.508 e. The van der Waals surface area contributed by atoms with Crippen molar-refractivity contribution in [1.29, 1.82) is 0 Å². The second-order valence-electron chi connectivity index (χ2n) is 4.27. The average Bonchev–Trinajstić information content (AvgIpc) is 2.38. The Morgan fingerprint density at radius 3 is 2.10 bits per heavy atom. The minimum atomic E-state index is -0.682. The van der Waals surface area contributed by atoms with Crippen molar-refractivity contribution in [3.8, 4) is 23.0 Å². The molecule has 0 aliphatic rings. The molecule has 0 heterocycles. The molecule has 0 saturated carbocycles.